The molecule has 8 nitrogen and oxygen atoms in total. The summed E-state index contributed by atoms with van der Waals surface area (Å²) in [5.74, 6) is -1.49. The molecule has 0 aliphatic carbocycles. The van der Waals surface area contributed by atoms with E-state index >= 15 is 0 Å². The molecule has 11 heteroatoms. The van der Waals surface area contributed by atoms with Gasteiger partial charge in [0.05, 0.1) is 23.5 Å². The molecule has 168 valence electrons. The lowest BCUT2D eigenvalue weighted by atomic mass is 10.1. The highest BCUT2D eigenvalue weighted by molar-refractivity contribution is 5.87. The molecule has 0 amide bonds. The van der Waals surface area contributed by atoms with Crippen LogP contribution in [0.1, 0.15) is 15.9 Å². The molecule has 0 saturated carbocycles. The monoisotopic (exact) mass is 456 g/mol. The first-order chi connectivity index (χ1) is 15.7. The molecule has 0 bridgehead atoms. The Morgan fingerprint density at radius 3 is 2.61 bits per heavy atom. The van der Waals surface area contributed by atoms with Gasteiger partial charge in [-0.3, -0.25) is 9.48 Å². The second-order valence-corrected chi connectivity index (χ2v) is 6.90. The second-order valence-electron chi connectivity index (χ2n) is 6.90. The summed E-state index contributed by atoms with van der Waals surface area (Å²) in [5, 5.41) is 17.7. The van der Waals surface area contributed by atoms with E-state index in [0.29, 0.717) is 11.3 Å². The standard InChI is InChI=1S/C22H15F3N4O4/c23-22(24,25)33-17-6-2-5-16(12-17)28-10-8-19(30)20(27-28)18-7-9-26-29(18)13-14-3-1-4-15(11-14)21(31)32/h1-12H,13H2,(H,31,32). The van der Waals surface area contributed by atoms with Gasteiger partial charge in [0.1, 0.15) is 5.75 Å². The van der Waals surface area contributed by atoms with Crippen molar-refractivity contribution in [1.29, 1.82) is 0 Å². The van der Waals surface area contributed by atoms with E-state index in [0.717, 1.165) is 12.1 Å². The summed E-state index contributed by atoms with van der Waals surface area (Å²) < 4.78 is 44.3. The Kier molecular flexibility index (Phi) is 5.69. The maximum Gasteiger partial charge on any atom is 0.573 e. The van der Waals surface area contributed by atoms with Gasteiger partial charge in [0.2, 0.25) is 5.43 Å². The number of aromatic nitrogens is 4. The van der Waals surface area contributed by atoms with Gasteiger partial charge in [-0.1, -0.05) is 18.2 Å². The minimum atomic E-state index is -4.84. The van der Waals surface area contributed by atoms with Gasteiger partial charge in [-0.2, -0.15) is 10.2 Å². The summed E-state index contributed by atoms with van der Waals surface area (Å²) in [7, 11) is 0. The first-order valence-corrected chi connectivity index (χ1v) is 9.50. The smallest absolute Gasteiger partial charge is 0.478 e. The molecule has 0 radical (unpaired) electrons. The highest BCUT2D eigenvalue weighted by atomic mass is 19.4. The molecule has 4 aromatic rings. The number of halogens is 3. The van der Waals surface area contributed by atoms with Crippen LogP contribution < -0.4 is 10.2 Å². The number of ether oxygens (including phenoxy) is 1. The number of nitrogens with zero attached hydrogens (tertiary/aromatic N) is 4. The topological polar surface area (TPSA) is 99.2 Å². The van der Waals surface area contributed by atoms with Crippen LogP contribution in [0.5, 0.6) is 5.75 Å². The summed E-state index contributed by atoms with van der Waals surface area (Å²) in [6.45, 7) is 0.175. The first-order valence-electron chi connectivity index (χ1n) is 9.50. The molecular formula is C22H15F3N4O4. The molecule has 0 aliphatic rings. The average Bonchev–Trinajstić information content (AvgIpc) is 3.21. The third kappa shape index (κ3) is 5.09. The van der Waals surface area contributed by atoms with Crippen LogP contribution >= 0.6 is 0 Å². The number of hydrogen-bond donors (Lipinski definition) is 1. The number of alkyl halides is 3. The van der Waals surface area contributed by atoms with E-state index in [2.05, 4.69) is 14.9 Å². The Bertz CT molecular complexity index is 1380. The second kappa shape index (κ2) is 8.61. The van der Waals surface area contributed by atoms with Crippen molar-refractivity contribution >= 4 is 5.97 Å². The number of aromatic carboxylic acids is 1. The van der Waals surface area contributed by atoms with Crippen molar-refractivity contribution in [3.63, 3.8) is 0 Å². The molecule has 2 aromatic heterocycles. The largest absolute Gasteiger partial charge is 0.573 e. The zero-order valence-electron chi connectivity index (χ0n) is 16.7. The van der Waals surface area contributed by atoms with Gasteiger partial charge in [0.15, 0.2) is 5.69 Å². The summed E-state index contributed by atoms with van der Waals surface area (Å²) in [6, 6.07) is 14.3. The highest BCUT2D eigenvalue weighted by Gasteiger charge is 2.31. The summed E-state index contributed by atoms with van der Waals surface area (Å²) >= 11 is 0. The quantitative estimate of drug-likeness (QED) is 0.475. The van der Waals surface area contributed by atoms with Gasteiger partial charge in [0, 0.05) is 24.5 Å². The van der Waals surface area contributed by atoms with Gasteiger partial charge in [0.25, 0.3) is 0 Å². The molecule has 1 N–H and O–H groups in total. The van der Waals surface area contributed by atoms with Crippen molar-refractivity contribution in [2.45, 2.75) is 12.9 Å². The molecular weight excluding hydrogens is 441 g/mol. The minimum absolute atomic E-state index is 0.0199. The normalized spacial score (nSPS) is 11.4. The van der Waals surface area contributed by atoms with Crippen LogP contribution in [0.4, 0.5) is 13.2 Å². The van der Waals surface area contributed by atoms with Gasteiger partial charge < -0.3 is 9.84 Å². The Hall–Kier alpha value is -4.41. The van der Waals surface area contributed by atoms with Crippen LogP contribution in [0.25, 0.3) is 17.1 Å². The molecule has 0 aliphatic heterocycles. The van der Waals surface area contributed by atoms with Gasteiger partial charge in [-0.25, -0.2) is 9.48 Å². The van der Waals surface area contributed by atoms with E-state index in [4.69, 9.17) is 0 Å². The number of rotatable bonds is 6. The Morgan fingerprint density at radius 2 is 1.85 bits per heavy atom. The average molecular weight is 456 g/mol. The summed E-state index contributed by atoms with van der Waals surface area (Å²) in [5.41, 5.74) is 0.966. The van der Waals surface area contributed by atoms with Crippen LogP contribution in [-0.4, -0.2) is 37.0 Å². The summed E-state index contributed by atoms with van der Waals surface area (Å²) in [6.07, 6.45) is -2.05. The molecule has 0 atom stereocenters. The predicted molar refractivity (Wildman–Crippen MR) is 110 cm³/mol. The van der Waals surface area contributed by atoms with Crippen molar-refractivity contribution in [2.75, 3.05) is 0 Å². The Morgan fingerprint density at radius 1 is 1.06 bits per heavy atom. The molecule has 0 saturated heterocycles. The van der Waals surface area contributed by atoms with E-state index in [1.807, 2.05) is 0 Å². The Labute approximate surface area is 184 Å². The third-order valence-electron chi connectivity index (χ3n) is 4.59. The van der Waals surface area contributed by atoms with Crippen molar-refractivity contribution in [3.8, 4) is 22.8 Å². The van der Waals surface area contributed by atoms with E-state index in [1.165, 1.54) is 52.1 Å². The maximum absolute atomic E-state index is 12.5. The summed E-state index contributed by atoms with van der Waals surface area (Å²) in [4.78, 5) is 23.7. The molecule has 4 rings (SSSR count). The molecule has 2 aromatic carbocycles. The maximum atomic E-state index is 12.5. The number of carboxylic acid groups (broad SMARTS) is 1. The zero-order chi connectivity index (χ0) is 23.6. The molecule has 0 unspecified atom stereocenters. The van der Waals surface area contributed by atoms with Crippen molar-refractivity contribution in [1.82, 2.24) is 19.6 Å². The molecule has 0 spiro atoms. The van der Waals surface area contributed by atoms with Crippen LogP contribution in [0.2, 0.25) is 0 Å². The zero-order valence-corrected chi connectivity index (χ0v) is 16.7. The predicted octanol–water partition coefficient (Wildman–Crippen LogP) is 3.74. The van der Waals surface area contributed by atoms with Crippen LogP contribution in [-0.2, 0) is 6.54 Å². The van der Waals surface area contributed by atoms with Crippen molar-refractivity contribution in [3.05, 3.63) is 94.4 Å². The van der Waals surface area contributed by atoms with E-state index in [-0.39, 0.29) is 23.5 Å². The third-order valence-corrected chi connectivity index (χ3v) is 4.59. The SMILES string of the molecule is O=C(O)c1cccc(Cn2nccc2-c2nn(-c3cccc(OC(F)(F)F)c3)ccc2=O)c1. The lowest BCUT2D eigenvalue weighted by Crippen LogP contribution is -2.18. The Balaban J connectivity index is 1.69. The van der Waals surface area contributed by atoms with Crippen molar-refractivity contribution in [2.24, 2.45) is 0 Å². The number of carboxylic acids is 1. The van der Waals surface area contributed by atoms with E-state index in [9.17, 15) is 27.9 Å². The van der Waals surface area contributed by atoms with Gasteiger partial charge in [-0.15, -0.1) is 13.2 Å². The van der Waals surface area contributed by atoms with Crippen LogP contribution in [0.3, 0.4) is 0 Å². The molecule has 33 heavy (non-hydrogen) atoms. The first kappa shape index (κ1) is 21.8. The fraction of sp³-hybridized carbons (Fsp3) is 0.0909. The van der Waals surface area contributed by atoms with Crippen LogP contribution in [0.15, 0.2) is 77.9 Å². The molecule has 2 heterocycles. The van der Waals surface area contributed by atoms with Gasteiger partial charge in [-0.05, 0) is 35.9 Å². The lowest BCUT2D eigenvalue weighted by Gasteiger charge is -2.12. The molecule has 0 fully saturated rings. The lowest BCUT2D eigenvalue weighted by molar-refractivity contribution is -0.274. The van der Waals surface area contributed by atoms with E-state index in [1.54, 1.807) is 18.2 Å². The van der Waals surface area contributed by atoms with E-state index < -0.39 is 23.5 Å². The fourth-order valence-electron chi connectivity index (χ4n) is 3.19. The van der Waals surface area contributed by atoms with Crippen LogP contribution in [0, 0.1) is 0 Å². The van der Waals surface area contributed by atoms with Crippen molar-refractivity contribution < 1.29 is 27.8 Å². The number of carbonyl (C=O) groups is 1. The highest BCUT2D eigenvalue weighted by Crippen LogP contribution is 2.24. The minimum Gasteiger partial charge on any atom is -0.478 e. The fourth-order valence-corrected chi connectivity index (χ4v) is 3.19. The van der Waals surface area contributed by atoms with Gasteiger partial charge >= 0.3 is 12.3 Å². The number of benzene rings is 2. The number of hydrogen-bond acceptors (Lipinski definition) is 5.